The van der Waals surface area contributed by atoms with E-state index in [-0.39, 0.29) is 11.8 Å². The molecule has 5 rings (SSSR count). The van der Waals surface area contributed by atoms with Crippen LogP contribution in [0.1, 0.15) is 23.2 Å². The maximum atomic E-state index is 12.8. The second-order valence-electron chi connectivity index (χ2n) is 7.66. The molecule has 148 valence electrons. The molecule has 2 aromatic heterocycles. The van der Waals surface area contributed by atoms with Crippen LogP contribution in [0.4, 0.5) is 0 Å². The fourth-order valence-electron chi connectivity index (χ4n) is 3.68. The highest BCUT2D eigenvalue weighted by molar-refractivity contribution is 5.95. The normalized spacial score (nSPS) is 18.1. The lowest BCUT2D eigenvalue weighted by Gasteiger charge is -2.35. The molecule has 8 nitrogen and oxygen atoms in total. The Morgan fingerprint density at radius 1 is 0.966 bits per heavy atom. The van der Waals surface area contributed by atoms with Crippen molar-refractivity contribution < 1.29 is 14.7 Å². The van der Waals surface area contributed by atoms with Crippen molar-refractivity contribution >= 4 is 17.5 Å². The summed E-state index contributed by atoms with van der Waals surface area (Å²) < 4.78 is 1.90. The third-order valence-corrected chi connectivity index (χ3v) is 5.68. The lowest BCUT2D eigenvalue weighted by molar-refractivity contribution is -0.143. The number of fused-ring (bicyclic) bond motifs is 1. The molecule has 2 aliphatic rings. The van der Waals surface area contributed by atoms with Crippen molar-refractivity contribution in [3.8, 4) is 11.3 Å². The fourth-order valence-corrected chi connectivity index (χ4v) is 3.68. The number of aliphatic hydroxyl groups is 1. The van der Waals surface area contributed by atoms with Gasteiger partial charge >= 0.3 is 0 Å². The van der Waals surface area contributed by atoms with Gasteiger partial charge in [-0.15, -0.1) is 0 Å². The Kier molecular flexibility index (Phi) is 4.09. The van der Waals surface area contributed by atoms with Crippen molar-refractivity contribution in [1.82, 2.24) is 24.2 Å². The number of benzene rings is 1. The van der Waals surface area contributed by atoms with E-state index in [1.54, 1.807) is 22.2 Å². The molecule has 0 atom stereocenters. The first-order chi connectivity index (χ1) is 14.0. The molecule has 1 aliphatic carbocycles. The second-order valence-corrected chi connectivity index (χ2v) is 7.66. The molecule has 0 spiro atoms. The highest BCUT2D eigenvalue weighted by Gasteiger charge is 2.50. The number of aromatic nitrogens is 3. The first-order valence-corrected chi connectivity index (χ1v) is 9.74. The van der Waals surface area contributed by atoms with Crippen LogP contribution in [0.3, 0.4) is 0 Å². The number of carbonyl (C=O) groups is 2. The predicted octanol–water partition coefficient (Wildman–Crippen LogP) is 1.21. The lowest BCUT2D eigenvalue weighted by Crippen LogP contribution is -2.53. The maximum absolute atomic E-state index is 12.8. The van der Waals surface area contributed by atoms with Crippen LogP contribution in [0, 0.1) is 0 Å². The second kappa shape index (κ2) is 6.66. The Hall–Kier alpha value is -3.26. The van der Waals surface area contributed by atoms with Crippen LogP contribution in [-0.4, -0.2) is 72.9 Å². The molecule has 3 heterocycles. The van der Waals surface area contributed by atoms with Crippen molar-refractivity contribution in [2.24, 2.45) is 0 Å². The van der Waals surface area contributed by atoms with E-state index in [4.69, 9.17) is 0 Å². The zero-order valence-electron chi connectivity index (χ0n) is 15.9. The molecule has 8 heteroatoms. The van der Waals surface area contributed by atoms with Crippen molar-refractivity contribution in [3.05, 3.63) is 54.6 Å². The predicted molar refractivity (Wildman–Crippen MR) is 105 cm³/mol. The summed E-state index contributed by atoms with van der Waals surface area (Å²) in [4.78, 5) is 37.1. The Morgan fingerprint density at radius 3 is 2.34 bits per heavy atom. The smallest absolute Gasteiger partial charge is 0.254 e. The van der Waals surface area contributed by atoms with E-state index in [1.807, 2.05) is 41.1 Å². The van der Waals surface area contributed by atoms with Crippen LogP contribution in [-0.2, 0) is 4.79 Å². The number of carbonyl (C=O) groups excluding carboxylic acids is 2. The SMILES string of the molecule is O=C(c1ccc(-c2cn3ccnc3cn2)cc1)N1CCN(C(=O)C2(O)CC2)CC1. The van der Waals surface area contributed by atoms with Crippen LogP contribution in [0.5, 0.6) is 0 Å². The number of amides is 2. The van der Waals surface area contributed by atoms with E-state index < -0.39 is 5.60 Å². The Balaban J connectivity index is 1.25. The van der Waals surface area contributed by atoms with E-state index in [1.165, 1.54) is 0 Å². The van der Waals surface area contributed by atoms with Crippen molar-refractivity contribution in [3.63, 3.8) is 0 Å². The summed E-state index contributed by atoms with van der Waals surface area (Å²) in [5, 5.41) is 9.99. The van der Waals surface area contributed by atoms with Gasteiger partial charge in [-0.3, -0.25) is 14.6 Å². The zero-order chi connectivity index (χ0) is 20.0. The Bertz CT molecular complexity index is 1080. The minimum absolute atomic E-state index is 0.0493. The quantitative estimate of drug-likeness (QED) is 0.725. The van der Waals surface area contributed by atoms with Crippen LogP contribution >= 0.6 is 0 Å². The average molecular weight is 391 g/mol. The monoisotopic (exact) mass is 391 g/mol. The molecule has 2 amide bonds. The topological polar surface area (TPSA) is 91.0 Å². The van der Waals surface area contributed by atoms with E-state index in [9.17, 15) is 14.7 Å². The summed E-state index contributed by atoms with van der Waals surface area (Å²) in [6, 6.07) is 7.39. The van der Waals surface area contributed by atoms with E-state index >= 15 is 0 Å². The molecule has 1 saturated carbocycles. The molecule has 1 N–H and O–H groups in total. The minimum Gasteiger partial charge on any atom is -0.380 e. The van der Waals surface area contributed by atoms with Gasteiger partial charge in [0.2, 0.25) is 0 Å². The van der Waals surface area contributed by atoms with Crippen LogP contribution < -0.4 is 0 Å². The minimum atomic E-state index is -1.14. The van der Waals surface area contributed by atoms with Gasteiger partial charge in [-0.25, -0.2) is 4.98 Å². The highest BCUT2D eigenvalue weighted by atomic mass is 16.3. The van der Waals surface area contributed by atoms with Crippen LogP contribution in [0.2, 0.25) is 0 Å². The largest absolute Gasteiger partial charge is 0.380 e. The molecule has 1 aliphatic heterocycles. The molecule has 2 fully saturated rings. The summed E-state index contributed by atoms with van der Waals surface area (Å²) in [6.45, 7) is 1.86. The van der Waals surface area contributed by atoms with Crippen molar-refractivity contribution in [2.75, 3.05) is 26.2 Å². The molecule has 3 aromatic rings. The Morgan fingerprint density at radius 2 is 1.66 bits per heavy atom. The summed E-state index contributed by atoms with van der Waals surface area (Å²) in [6.07, 6.45) is 8.29. The van der Waals surface area contributed by atoms with Gasteiger partial charge in [0.05, 0.1) is 11.9 Å². The standard InChI is InChI=1S/C21H21N5O3/c27-19(24-9-11-25(12-10-24)20(28)21(29)5-6-21)16-3-1-15(2-4-16)17-14-26-8-7-22-18(26)13-23-17/h1-4,7-8,13-14,29H,5-6,9-12H2. The van der Waals surface area contributed by atoms with Gasteiger partial charge in [0.15, 0.2) is 5.65 Å². The van der Waals surface area contributed by atoms with Gasteiger partial charge in [0.25, 0.3) is 11.8 Å². The summed E-state index contributed by atoms with van der Waals surface area (Å²) >= 11 is 0. The summed E-state index contributed by atoms with van der Waals surface area (Å²) in [5.41, 5.74) is 1.98. The van der Waals surface area contributed by atoms with E-state index in [0.717, 1.165) is 16.9 Å². The average Bonchev–Trinajstić information content (AvgIpc) is 3.34. The molecule has 1 aromatic carbocycles. The first-order valence-electron chi connectivity index (χ1n) is 9.74. The van der Waals surface area contributed by atoms with E-state index in [2.05, 4.69) is 9.97 Å². The fraction of sp³-hybridized carbons (Fsp3) is 0.333. The van der Waals surface area contributed by atoms with Crippen LogP contribution in [0.15, 0.2) is 49.1 Å². The summed E-state index contributed by atoms with van der Waals surface area (Å²) in [7, 11) is 0. The number of hydrogen-bond acceptors (Lipinski definition) is 5. The number of nitrogens with zero attached hydrogens (tertiary/aromatic N) is 5. The van der Waals surface area contributed by atoms with Crippen molar-refractivity contribution in [1.29, 1.82) is 0 Å². The van der Waals surface area contributed by atoms with Gasteiger partial charge in [0.1, 0.15) is 5.60 Å². The van der Waals surface area contributed by atoms with Crippen molar-refractivity contribution in [2.45, 2.75) is 18.4 Å². The zero-order valence-corrected chi connectivity index (χ0v) is 15.9. The molecule has 1 saturated heterocycles. The highest BCUT2D eigenvalue weighted by Crippen LogP contribution is 2.37. The Labute approximate surface area is 167 Å². The molecule has 0 bridgehead atoms. The molecular formula is C21H21N5O3. The third kappa shape index (κ3) is 3.25. The molecule has 29 heavy (non-hydrogen) atoms. The number of rotatable bonds is 3. The summed E-state index contributed by atoms with van der Waals surface area (Å²) in [5.74, 6) is -0.247. The van der Waals surface area contributed by atoms with Gasteiger partial charge in [-0.05, 0) is 25.0 Å². The molecule has 0 radical (unpaired) electrons. The third-order valence-electron chi connectivity index (χ3n) is 5.68. The number of imidazole rings is 1. The molecular weight excluding hydrogens is 370 g/mol. The van der Waals surface area contributed by atoms with Gasteiger partial charge in [0, 0.05) is 55.9 Å². The number of hydrogen-bond donors (Lipinski definition) is 1. The van der Waals surface area contributed by atoms with Crippen LogP contribution in [0.25, 0.3) is 16.9 Å². The van der Waals surface area contributed by atoms with Gasteiger partial charge in [-0.2, -0.15) is 0 Å². The molecule has 0 unspecified atom stereocenters. The van der Waals surface area contributed by atoms with E-state index in [0.29, 0.717) is 44.6 Å². The number of piperazine rings is 1. The van der Waals surface area contributed by atoms with Gasteiger partial charge < -0.3 is 19.3 Å². The maximum Gasteiger partial charge on any atom is 0.254 e. The lowest BCUT2D eigenvalue weighted by atomic mass is 10.1. The first kappa shape index (κ1) is 17.8. The van der Waals surface area contributed by atoms with Gasteiger partial charge in [-0.1, -0.05) is 12.1 Å².